The fourth-order valence-electron chi connectivity index (χ4n) is 2.78. The van der Waals surface area contributed by atoms with Crippen molar-refractivity contribution in [2.75, 3.05) is 26.2 Å². The van der Waals surface area contributed by atoms with Crippen LogP contribution in [0, 0.1) is 12.8 Å². The molecule has 0 aliphatic carbocycles. The van der Waals surface area contributed by atoms with E-state index in [0.717, 1.165) is 43.5 Å². The Hall–Kier alpha value is -2.12. The molecule has 0 spiro atoms. The van der Waals surface area contributed by atoms with Gasteiger partial charge in [0.1, 0.15) is 12.4 Å². The van der Waals surface area contributed by atoms with Crippen molar-refractivity contribution in [3.63, 3.8) is 0 Å². The molecule has 8 nitrogen and oxygen atoms in total. The number of hydrogen-bond donors (Lipinski definition) is 1. The largest absolute Gasteiger partial charge is 0.466 e. The number of ether oxygens (including phenoxy) is 1. The number of piperidine rings is 1. The number of hydrogen-bond acceptors (Lipinski definition) is 5. The van der Waals surface area contributed by atoms with E-state index in [4.69, 9.17) is 4.74 Å². The SMILES string of the molecule is CCNC(=NCc1nnc(C)n1C)N1CCCC(C(=O)OCC)C1. The molecule has 0 radical (unpaired) electrons. The van der Waals surface area contributed by atoms with E-state index in [1.54, 1.807) is 0 Å². The first-order chi connectivity index (χ1) is 11.6. The van der Waals surface area contributed by atoms with Gasteiger partial charge in [0.05, 0.1) is 12.5 Å². The van der Waals surface area contributed by atoms with Crippen molar-refractivity contribution in [2.45, 2.75) is 40.2 Å². The van der Waals surface area contributed by atoms with Crippen molar-refractivity contribution in [3.05, 3.63) is 11.6 Å². The normalized spacial score (nSPS) is 18.6. The van der Waals surface area contributed by atoms with Gasteiger partial charge in [-0.25, -0.2) is 4.99 Å². The Morgan fingerprint density at radius 1 is 1.42 bits per heavy atom. The molecule has 1 aliphatic heterocycles. The van der Waals surface area contributed by atoms with Crippen molar-refractivity contribution in [3.8, 4) is 0 Å². The lowest BCUT2D eigenvalue weighted by Crippen LogP contribution is -2.48. The Labute approximate surface area is 143 Å². The van der Waals surface area contributed by atoms with E-state index in [1.165, 1.54) is 0 Å². The van der Waals surface area contributed by atoms with Crippen LogP contribution < -0.4 is 5.32 Å². The van der Waals surface area contributed by atoms with Crippen LogP contribution in [0.1, 0.15) is 38.3 Å². The van der Waals surface area contributed by atoms with E-state index in [-0.39, 0.29) is 11.9 Å². The Morgan fingerprint density at radius 2 is 2.21 bits per heavy atom. The topological polar surface area (TPSA) is 84.6 Å². The minimum Gasteiger partial charge on any atom is -0.466 e. The second-order valence-electron chi connectivity index (χ2n) is 5.93. The molecular weight excluding hydrogens is 308 g/mol. The molecule has 2 rings (SSSR count). The van der Waals surface area contributed by atoms with Crippen molar-refractivity contribution in [2.24, 2.45) is 18.0 Å². The number of esters is 1. The zero-order valence-corrected chi connectivity index (χ0v) is 15.1. The molecule has 1 aromatic rings. The van der Waals surface area contributed by atoms with Crippen LogP contribution in [-0.4, -0.2) is 57.8 Å². The van der Waals surface area contributed by atoms with Crippen molar-refractivity contribution in [1.82, 2.24) is 25.0 Å². The maximum absolute atomic E-state index is 12.0. The zero-order valence-electron chi connectivity index (χ0n) is 15.1. The van der Waals surface area contributed by atoms with Gasteiger partial charge < -0.3 is 19.5 Å². The van der Waals surface area contributed by atoms with Crippen LogP contribution in [0.4, 0.5) is 0 Å². The third kappa shape index (κ3) is 4.46. The summed E-state index contributed by atoms with van der Waals surface area (Å²) >= 11 is 0. The van der Waals surface area contributed by atoms with Crippen molar-refractivity contribution in [1.29, 1.82) is 0 Å². The minimum absolute atomic E-state index is 0.0837. The predicted octanol–water partition coefficient (Wildman–Crippen LogP) is 0.864. The Kier molecular flexibility index (Phi) is 6.57. The number of carbonyl (C=O) groups excluding carboxylic acids is 1. The summed E-state index contributed by atoms with van der Waals surface area (Å²) in [5.74, 6) is 2.31. The monoisotopic (exact) mass is 336 g/mol. The third-order valence-electron chi connectivity index (χ3n) is 4.23. The summed E-state index contributed by atoms with van der Waals surface area (Å²) in [6, 6.07) is 0. The third-order valence-corrected chi connectivity index (χ3v) is 4.23. The molecule has 0 bridgehead atoms. The second kappa shape index (κ2) is 8.65. The molecule has 1 aliphatic rings. The summed E-state index contributed by atoms with van der Waals surface area (Å²) in [6.45, 7) is 8.98. The summed E-state index contributed by atoms with van der Waals surface area (Å²) in [6.07, 6.45) is 1.83. The Bertz CT molecular complexity index is 583. The molecule has 24 heavy (non-hydrogen) atoms. The second-order valence-corrected chi connectivity index (χ2v) is 5.93. The Morgan fingerprint density at radius 3 is 2.83 bits per heavy atom. The molecule has 0 amide bonds. The molecule has 0 saturated carbocycles. The minimum atomic E-state index is -0.109. The number of aryl methyl sites for hydroxylation is 1. The van der Waals surface area contributed by atoms with Gasteiger partial charge in [0.25, 0.3) is 0 Å². The molecule has 1 fully saturated rings. The molecule has 1 saturated heterocycles. The molecule has 134 valence electrons. The summed E-state index contributed by atoms with van der Waals surface area (Å²) in [5, 5.41) is 11.5. The number of nitrogens with one attached hydrogen (secondary N) is 1. The molecular formula is C16H28N6O2. The fourth-order valence-corrected chi connectivity index (χ4v) is 2.78. The van der Waals surface area contributed by atoms with Crippen LogP contribution in [0.15, 0.2) is 4.99 Å². The van der Waals surface area contributed by atoms with E-state index < -0.39 is 0 Å². The highest BCUT2D eigenvalue weighted by Crippen LogP contribution is 2.18. The summed E-state index contributed by atoms with van der Waals surface area (Å²) in [7, 11) is 1.94. The number of carbonyl (C=O) groups is 1. The lowest BCUT2D eigenvalue weighted by atomic mass is 9.98. The molecule has 0 aromatic carbocycles. The first kappa shape index (κ1) is 18.2. The molecule has 8 heteroatoms. The van der Waals surface area contributed by atoms with Crippen LogP contribution in [0.2, 0.25) is 0 Å². The number of likely N-dealkylation sites (tertiary alicyclic amines) is 1. The van der Waals surface area contributed by atoms with E-state index >= 15 is 0 Å². The van der Waals surface area contributed by atoms with Gasteiger partial charge in [0, 0.05) is 26.7 Å². The van der Waals surface area contributed by atoms with Gasteiger partial charge in [-0.15, -0.1) is 10.2 Å². The van der Waals surface area contributed by atoms with Gasteiger partial charge in [-0.05, 0) is 33.6 Å². The average molecular weight is 336 g/mol. The highest BCUT2D eigenvalue weighted by atomic mass is 16.5. The number of rotatable bonds is 5. The smallest absolute Gasteiger partial charge is 0.310 e. The van der Waals surface area contributed by atoms with Gasteiger partial charge >= 0.3 is 5.97 Å². The quantitative estimate of drug-likeness (QED) is 0.488. The van der Waals surface area contributed by atoms with E-state index in [2.05, 4.69) is 25.4 Å². The molecule has 1 atom stereocenters. The molecule has 2 heterocycles. The lowest BCUT2D eigenvalue weighted by molar-refractivity contribution is -0.149. The van der Waals surface area contributed by atoms with Gasteiger partial charge in [-0.1, -0.05) is 0 Å². The first-order valence-corrected chi connectivity index (χ1v) is 8.61. The maximum atomic E-state index is 12.0. The van der Waals surface area contributed by atoms with Crippen LogP contribution >= 0.6 is 0 Å². The number of aromatic nitrogens is 3. The fraction of sp³-hybridized carbons (Fsp3) is 0.750. The van der Waals surface area contributed by atoms with Crippen LogP contribution in [-0.2, 0) is 23.1 Å². The van der Waals surface area contributed by atoms with Crippen LogP contribution in [0.3, 0.4) is 0 Å². The molecule has 1 unspecified atom stereocenters. The molecule has 1 N–H and O–H groups in total. The summed E-state index contributed by atoms with van der Waals surface area (Å²) in [5.41, 5.74) is 0. The van der Waals surface area contributed by atoms with Gasteiger partial charge in [0.15, 0.2) is 11.8 Å². The van der Waals surface area contributed by atoms with E-state index in [1.807, 2.05) is 32.4 Å². The zero-order chi connectivity index (χ0) is 17.5. The first-order valence-electron chi connectivity index (χ1n) is 8.61. The average Bonchev–Trinajstić information content (AvgIpc) is 2.91. The lowest BCUT2D eigenvalue weighted by Gasteiger charge is -2.34. The summed E-state index contributed by atoms with van der Waals surface area (Å²) in [4.78, 5) is 18.8. The maximum Gasteiger partial charge on any atom is 0.310 e. The van der Waals surface area contributed by atoms with E-state index in [9.17, 15) is 4.79 Å². The summed E-state index contributed by atoms with van der Waals surface area (Å²) < 4.78 is 7.10. The Balaban J connectivity index is 2.06. The highest BCUT2D eigenvalue weighted by Gasteiger charge is 2.28. The van der Waals surface area contributed by atoms with Crippen molar-refractivity contribution < 1.29 is 9.53 Å². The number of nitrogens with zero attached hydrogens (tertiary/aromatic N) is 5. The van der Waals surface area contributed by atoms with Crippen LogP contribution in [0.5, 0.6) is 0 Å². The van der Waals surface area contributed by atoms with Gasteiger partial charge in [-0.2, -0.15) is 0 Å². The van der Waals surface area contributed by atoms with Gasteiger partial charge in [0.2, 0.25) is 0 Å². The predicted molar refractivity (Wildman–Crippen MR) is 91.5 cm³/mol. The molecule has 1 aromatic heterocycles. The van der Waals surface area contributed by atoms with Crippen LogP contribution in [0.25, 0.3) is 0 Å². The standard InChI is InChI=1S/C16H28N6O2/c1-5-17-16(18-10-14-20-19-12(3)21(14)4)22-9-7-8-13(11-22)15(23)24-6-2/h13H,5-11H2,1-4H3,(H,17,18). The highest BCUT2D eigenvalue weighted by molar-refractivity contribution is 5.81. The van der Waals surface area contributed by atoms with Crippen molar-refractivity contribution >= 4 is 11.9 Å². The number of aliphatic imine (C=N–C) groups is 1. The number of guanidine groups is 1. The van der Waals surface area contributed by atoms with Gasteiger partial charge in [-0.3, -0.25) is 4.79 Å². The van der Waals surface area contributed by atoms with E-state index in [0.29, 0.717) is 19.7 Å².